The number of rotatable bonds is 3. The fraction of sp³-hybridized carbons (Fsp3) is 1.00. The van der Waals surface area contributed by atoms with Crippen LogP contribution in [-0.2, 0) is 0 Å². The molecule has 0 amide bonds. The summed E-state index contributed by atoms with van der Waals surface area (Å²) in [5.74, 6) is 0. The van der Waals surface area contributed by atoms with Crippen LogP contribution in [0.5, 0.6) is 0 Å². The number of piperazine rings is 1. The van der Waals surface area contributed by atoms with Crippen molar-refractivity contribution in [3.8, 4) is 0 Å². The Bertz CT molecular complexity index is 211. The van der Waals surface area contributed by atoms with Gasteiger partial charge in [0.15, 0.2) is 0 Å². The fourth-order valence-corrected chi connectivity index (χ4v) is 3.11. The minimum atomic E-state index is 0.842. The standard InChI is InChI=1S/C13H27N3/c1-4-15(3)12-5-6-13(11-12)16-9-7-14(2)8-10-16/h12-13H,4-11H2,1-3H3/t12-,13-/m1/s1. The Morgan fingerprint density at radius 2 is 1.81 bits per heavy atom. The normalized spacial score (nSPS) is 33.8. The molecule has 0 radical (unpaired) electrons. The van der Waals surface area contributed by atoms with Crippen LogP contribution in [0.2, 0.25) is 0 Å². The van der Waals surface area contributed by atoms with E-state index in [1.807, 2.05) is 0 Å². The van der Waals surface area contributed by atoms with Crippen molar-refractivity contribution in [2.45, 2.75) is 38.3 Å². The lowest BCUT2D eigenvalue weighted by molar-refractivity contribution is 0.109. The van der Waals surface area contributed by atoms with E-state index in [2.05, 4.69) is 35.7 Å². The monoisotopic (exact) mass is 225 g/mol. The van der Waals surface area contributed by atoms with Crippen LogP contribution in [0.3, 0.4) is 0 Å². The van der Waals surface area contributed by atoms with Crippen LogP contribution in [-0.4, -0.2) is 73.6 Å². The largest absolute Gasteiger partial charge is 0.304 e. The van der Waals surface area contributed by atoms with Gasteiger partial charge in [0.1, 0.15) is 0 Å². The molecular weight excluding hydrogens is 198 g/mol. The third-order valence-corrected chi connectivity index (χ3v) is 4.55. The lowest BCUT2D eigenvalue weighted by Gasteiger charge is -2.36. The molecule has 3 nitrogen and oxygen atoms in total. The van der Waals surface area contributed by atoms with Crippen LogP contribution in [0.1, 0.15) is 26.2 Å². The maximum absolute atomic E-state index is 2.73. The number of hydrogen-bond acceptors (Lipinski definition) is 3. The average molecular weight is 225 g/mol. The van der Waals surface area contributed by atoms with E-state index >= 15 is 0 Å². The van der Waals surface area contributed by atoms with Crippen LogP contribution >= 0.6 is 0 Å². The molecular formula is C13H27N3. The van der Waals surface area contributed by atoms with E-state index in [4.69, 9.17) is 0 Å². The molecule has 2 aliphatic rings. The lowest BCUT2D eigenvalue weighted by atomic mass is 10.1. The molecule has 1 aliphatic heterocycles. The highest BCUT2D eigenvalue weighted by Gasteiger charge is 2.31. The van der Waals surface area contributed by atoms with Crippen LogP contribution in [0.25, 0.3) is 0 Å². The zero-order chi connectivity index (χ0) is 11.5. The molecule has 1 saturated heterocycles. The molecule has 2 rings (SSSR count). The van der Waals surface area contributed by atoms with Crippen molar-refractivity contribution in [1.29, 1.82) is 0 Å². The summed E-state index contributed by atoms with van der Waals surface area (Å²) < 4.78 is 0. The second-order valence-electron chi connectivity index (χ2n) is 5.53. The Kier molecular flexibility index (Phi) is 4.22. The van der Waals surface area contributed by atoms with E-state index in [0.717, 1.165) is 12.1 Å². The molecule has 0 unspecified atom stereocenters. The van der Waals surface area contributed by atoms with Crippen molar-refractivity contribution in [2.24, 2.45) is 0 Å². The topological polar surface area (TPSA) is 9.72 Å². The molecule has 0 aromatic rings. The van der Waals surface area contributed by atoms with Gasteiger partial charge < -0.3 is 9.80 Å². The highest BCUT2D eigenvalue weighted by Crippen LogP contribution is 2.27. The molecule has 1 heterocycles. The van der Waals surface area contributed by atoms with Gasteiger partial charge in [-0.25, -0.2) is 0 Å². The van der Waals surface area contributed by atoms with Gasteiger partial charge >= 0.3 is 0 Å². The summed E-state index contributed by atoms with van der Waals surface area (Å²) in [7, 11) is 4.51. The Labute approximate surface area is 100 Å². The van der Waals surface area contributed by atoms with Crippen molar-refractivity contribution in [1.82, 2.24) is 14.7 Å². The van der Waals surface area contributed by atoms with Gasteiger partial charge in [-0.2, -0.15) is 0 Å². The molecule has 0 N–H and O–H groups in total. The highest BCUT2D eigenvalue weighted by molar-refractivity contribution is 4.88. The van der Waals surface area contributed by atoms with Crippen molar-refractivity contribution < 1.29 is 0 Å². The van der Waals surface area contributed by atoms with Gasteiger partial charge in [-0.15, -0.1) is 0 Å². The summed E-state index contributed by atoms with van der Waals surface area (Å²) in [5, 5.41) is 0. The summed E-state index contributed by atoms with van der Waals surface area (Å²) in [6.07, 6.45) is 4.22. The quantitative estimate of drug-likeness (QED) is 0.712. The molecule has 2 atom stereocenters. The number of likely N-dealkylation sites (N-methyl/N-ethyl adjacent to an activating group) is 1. The number of nitrogens with zero attached hydrogens (tertiary/aromatic N) is 3. The SMILES string of the molecule is CCN(C)[C@@H]1CC[C@@H](N2CCN(C)CC2)C1. The Hall–Kier alpha value is -0.120. The van der Waals surface area contributed by atoms with E-state index in [9.17, 15) is 0 Å². The van der Waals surface area contributed by atoms with Gasteiger partial charge in [-0.05, 0) is 39.9 Å². The summed E-state index contributed by atoms with van der Waals surface area (Å²) in [6, 6.07) is 1.71. The zero-order valence-electron chi connectivity index (χ0n) is 11.2. The molecule has 0 aromatic heterocycles. The van der Waals surface area contributed by atoms with Crippen molar-refractivity contribution in [3.63, 3.8) is 0 Å². The smallest absolute Gasteiger partial charge is 0.0113 e. The predicted octanol–water partition coefficient (Wildman–Crippen LogP) is 1.11. The molecule has 0 bridgehead atoms. The molecule has 1 saturated carbocycles. The summed E-state index contributed by atoms with van der Waals surface area (Å²) in [4.78, 5) is 7.70. The third kappa shape index (κ3) is 2.76. The molecule has 16 heavy (non-hydrogen) atoms. The van der Waals surface area contributed by atoms with Crippen LogP contribution in [0.15, 0.2) is 0 Å². The molecule has 0 aromatic carbocycles. The van der Waals surface area contributed by atoms with Gasteiger partial charge in [0.25, 0.3) is 0 Å². The second kappa shape index (κ2) is 5.48. The predicted molar refractivity (Wildman–Crippen MR) is 68.8 cm³/mol. The number of hydrogen-bond donors (Lipinski definition) is 0. The van der Waals surface area contributed by atoms with Gasteiger partial charge in [-0.1, -0.05) is 6.92 Å². The van der Waals surface area contributed by atoms with Crippen LogP contribution in [0, 0.1) is 0 Å². The summed E-state index contributed by atoms with van der Waals surface area (Å²) in [5.41, 5.74) is 0. The second-order valence-corrected chi connectivity index (χ2v) is 5.53. The first-order chi connectivity index (χ1) is 7.70. The minimum Gasteiger partial charge on any atom is -0.304 e. The zero-order valence-corrected chi connectivity index (χ0v) is 11.2. The summed E-state index contributed by atoms with van der Waals surface area (Å²) >= 11 is 0. The Balaban J connectivity index is 1.80. The van der Waals surface area contributed by atoms with E-state index < -0.39 is 0 Å². The Morgan fingerprint density at radius 1 is 1.12 bits per heavy atom. The van der Waals surface area contributed by atoms with E-state index in [-0.39, 0.29) is 0 Å². The Morgan fingerprint density at radius 3 is 2.44 bits per heavy atom. The highest BCUT2D eigenvalue weighted by atomic mass is 15.3. The van der Waals surface area contributed by atoms with Gasteiger partial charge in [0.05, 0.1) is 0 Å². The first-order valence-electron chi connectivity index (χ1n) is 6.83. The maximum Gasteiger partial charge on any atom is 0.0113 e. The third-order valence-electron chi connectivity index (χ3n) is 4.55. The van der Waals surface area contributed by atoms with Gasteiger partial charge in [0, 0.05) is 38.3 Å². The molecule has 2 fully saturated rings. The molecule has 1 aliphatic carbocycles. The van der Waals surface area contributed by atoms with E-state index in [0.29, 0.717) is 0 Å². The fourth-order valence-electron chi connectivity index (χ4n) is 3.11. The van der Waals surface area contributed by atoms with Gasteiger partial charge in [0.2, 0.25) is 0 Å². The van der Waals surface area contributed by atoms with Gasteiger partial charge in [-0.3, -0.25) is 4.90 Å². The van der Waals surface area contributed by atoms with E-state index in [1.54, 1.807) is 0 Å². The molecule has 0 spiro atoms. The molecule has 3 heteroatoms. The van der Waals surface area contributed by atoms with Crippen LogP contribution < -0.4 is 0 Å². The molecule has 94 valence electrons. The van der Waals surface area contributed by atoms with Crippen LogP contribution in [0.4, 0.5) is 0 Å². The maximum atomic E-state index is 2.73. The first-order valence-corrected chi connectivity index (χ1v) is 6.83. The average Bonchev–Trinajstić information content (AvgIpc) is 2.78. The van der Waals surface area contributed by atoms with Crippen molar-refractivity contribution >= 4 is 0 Å². The summed E-state index contributed by atoms with van der Waals surface area (Å²) in [6.45, 7) is 8.53. The first kappa shape index (κ1) is 12.3. The lowest BCUT2D eigenvalue weighted by Crippen LogP contribution is -2.48. The van der Waals surface area contributed by atoms with E-state index in [1.165, 1.54) is 52.0 Å². The van der Waals surface area contributed by atoms with Crippen molar-refractivity contribution in [2.75, 3.05) is 46.8 Å². The minimum absolute atomic E-state index is 0.842. The van der Waals surface area contributed by atoms with Crippen molar-refractivity contribution in [3.05, 3.63) is 0 Å².